The lowest BCUT2D eigenvalue weighted by Gasteiger charge is -2.06. The van der Waals surface area contributed by atoms with Crippen LogP contribution in [-0.2, 0) is 16.1 Å². The number of rotatable bonds is 5. The van der Waals surface area contributed by atoms with Gasteiger partial charge in [-0.15, -0.1) is 0 Å². The van der Waals surface area contributed by atoms with Crippen molar-refractivity contribution < 1.29 is 18.9 Å². The third kappa shape index (κ3) is 3.51. The van der Waals surface area contributed by atoms with E-state index >= 15 is 0 Å². The van der Waals surface area contributed by atoms with Crippen LogP contribution in [-0.4, -0.2) is 34.0 Å². The van der Waals surface area contributed by atoms with Crippen molar-refractivity contribution >= 4 is 29.4 Å². The van der Waals surface area contributed by atoms with Gasteiger partial charge in [-0.25, -0.2) is 4.79 Å². The van der Waals surface area contributed by atoms with Crippen LogP contribution >= 0.6 is 11.6 Å². The first-order chi connectivity index (χ1) is 11.5. The van der Waals surface area contributed by atoms with Crippen LogP contribution in [0.2, 0.25) is 5.02 Å². The number of urea groups is 1. The lowest BCUT2D eigenvalue weighted by atomic mass is 10.2. The molecule has 0 aliphatic carbocycles. The number of amides is 4. The minimum atomic E-state index is -0.876. The van der Waals surface area contributed by atoms with Gasteiger partial charge in [0.2, 0.25) is 17.6 Å². The smallest absolute Gasteiger partial charge is 0.322 e. The normalized spacial score (nSPS) is 16.6. The maximum absolute atomic E-state index is 11.8. The lowest BCUT2D eigenvalue weighted by molar-refractivity contribution is -0.126. The van der Waals surface area contributed by atoms with Crippen LogP contribution in [0.15, 0.2) is 28.8 Å². The van der Waals surface area contributed by atoms with Crippen molar-refractivity contribution in [2.45, 2.75) is 19.0 Å². The number of nitrogens with zero attached hydrogens (tertiary/aromatic N) is 2. The number of imide groups is 1. The number of hydrogen-bond donors (Lipinski definition) is 3. The Labute approximate surface area is 140 Å². The van der Waals surface area contributed by atoms with Gasteiger partial charge < -0.3 is 15.2 Å². The summed E-state index contributed by atoms with van der Waals surface area (Å²) >= 11 is 6.05. The highest BCUT2D eigenvalue weighted by atomic mass is 35.5. The Morgan fingerprint density at radius 2 is 2.12 bits per heavy atom. The lowest BCUT2D eigenvalue weighted by Crippen LogP contribution is -2.36. The van der Waals surface area contributed by atoms with E-state index in [9.17, 15) is 14.4 Å². The van der Waals surface area contributed by atoms with E-state index < -0.39 is 23.9 Å². The standard InChI is InChI=1S/C14H12ClN5O4/c15-8-4-2-1-3-7(8)12-18-11(24-20-12)6-16-10(21)5-9-13(22)19-14(23)17-9/h1-4,9H,5-6H2,(H,16,21)(H2,17,19,22,23). The first kappa shape index (κ1) is 15.9. The fourth-order valence-corrected chi connectivity index (χ4v) is 2.33. The van der Waals surface area contributed by atoms with Crippen LogP contribution in [0.5, 0.6) is 0 Å². The fourth-order valence-electron chi connectivity index (χ4n) is 2.11. The zero-order valence-electron chi connectivity index (χ0n) is 12.2. The Hall–Kier alpha value is -2.94. The summed E-state index contributed by atoms with van der Waals surface area (Å²) in [6.07, 6.45) is -0.177. The Morgan fingerprint density at radius 1 is 1.33 bits per heavy atom. The summed E-state index contributed by atoms with van der Waals surface area (Å²) in [6.45, 7) is -0.00142. The maximum Gasteiger partial charge on any atom is 0.322 e. The van der Waals surface area contributed by atoms with E-state index in [1.807, 2.05) is 0 Å². The number of aromatic nitrogens is 2. The molecule has 24 heavy (non-hydrogen) atoms. The van der Waals surface area contributed by atoms with Crippen molar-refractivity contribution in [2.75, 3.05) is 0 Å². The number of carbonyl (C=O) groups is 3. The average Bonchev–Trinajstić information content (AvgIpc) is 3.13. The quantitative estimate of drug-likeness (QED) is 0.679. The molecule has 1 saturated heterocycles. The first-order valence-electron chi connectivity index (χ1n) is 6.98. The largest absolute Gasteiger partial charge is 0.347 e. The molecule has 0 saturated carbocycles. The minimum Gasteiger partial charge on any atom is -0.347 e. The zero-order valence-corrected chi connectivity index (χ0v) is 13.0. The van der Waals surface area contributed by atoms with Crippen LogP contribution in [0.3, 0.4) is 0 Å². The van der Waals surface area contributed by atoms with Crippen LogP contribution < -0.4 is 16.0 Å². The molecule has 0 radical (unpaired) electrons. The molecule has 1 aromatic carbocycles. The third-order valence-electron chi connectivity index (χ3n) is 3.27. The predicted molar refractivity (Wildman–Crippen MR) is 81.7 cm³/mol. The number of halogens is 1. The molecule has 1 fully saturated rings. The van der Waals surface area contributed by atoms with Crippen LogP contribution in [0.4, 0.5) is 4.79 Å². The van der Waals surface area contributed by atoms with E-state index in [1.165, 1.54) is 0 Å². The summed E-state index contributed by atoms with van der Waals surface area (Å²) < 4.78 is 5.05. The second-order valence-corrected chi connectivity index (χ2v) is 5.39. The van der Waals surface area contributed by atoms with Gasteiger partial charge in [0.05, 0.1) is 18.0 Å². The third-order valence-corrected chi connectivity index (χ3v) is 3.60. The molecule has 1 aromatic heterocycles. The van der Waals surface area contributed by atoms with Gasteiger partial charge >= 0.3 is 6.03 Å². The van der Waals surface area contributed by atoms with Gasteiger partial charge in [-0.05, 0) is 12.1 Å². The van der Waals surface area contributed by atoms with Gasteiger partial charge in [0.15, 0.2) is 0 Å². The number of nitrogens with one attached hydrogen (secondary N) is 3. The molecule has 3 rings (SSSR count). The van der Waals surface area contributed by atoms with E-state index in [4.69, 9.17) is 16.1 Å². The average molecular weight is 350 g/mol. The highest BCUT2D eigenvalue weighted by Crippen LogP contribution is 2.24. The Bertz CT molecular complexity index is 806. The molecule has 2 aromatic rings. The van der Waals surface area contributed by atoms with Gasteiger partial charge in [0.25, 0.3) is 5.91 Å². The van der Waals surface area contributed by atoms with Crippen LogP contribution in [0.1, 0.15) is 12.3 Å². The summed E-state index contributed by atoms with van der Waals surface area (Å²) in [4.78, 5) is 38.3. The molecule has 1 aliphatic heterocycles. The van der Waals surface area contributed by atoms with Gasteiger partial charge in [0, 0.05) is 5.56 Å². The molecule has 124 valence electrons. The first-order valence-corrected chi connectivity index (χ1v) is 7.36. The molecule has 0 spiro atoms. The highest BCUT2D eigenvalue weighted by molar-refractivity contribution is 6.33. The van der Waals surface area contributed by atoms with Crippen molar-refractivity contribution in [3.63, 3.8) is 0 Å². The molecule has 4 amide bonds. The monoisotopic (exact) mass is 349 g/mol. The Morgan fingerprint density at radius 3 is 2.83 bits per heavy atom. The van der Waals surface area contributed by atoms with Gasteiger partial charge in [0.1, 0.15) is 6.04 Å². The van der Waals surface area contributed by atoms with E-state index in [2.05, 4.69) is 26.1 Å². The summed E-state index contributed by atoms with van der Waals surface area (Å²) in [6, 6.07) is 5.54. The van der Waals surface area contributed by atoms with Crippen molar-refractivity contribution in [2.24, 2.45) is 0 Å². The minimum absolute atomic E-state index is 0.00142. The molecular weight excluding hydrogens is 338 g/mol. The zero-order chi connectivity index (χ0) is 17.1. The molecule has 1 atom stereocenters. The summed E-state index contributed by atoms with van der Waals surface area (Å²) in [5.74, 6) is -0.464. The van der Waals surface area contributed by atoms with Crippen LogP contribution in [0.25, 0.3) is 11.4 Å². The SMILES string of the molecule is O=C(CC1NC(=O)NC1=O)NCc1nc(-c2ccccc2Cl)no1. The molecule has 3 N–H and O–H groups in total. The van der Waals surface area contributed by atoms with Gasteiger partial charge in [-0.3, -0.25) is 14.9 Å². The summed E-state index contributed by atoms with van der Waals surface area (Å²) in [5.41, 5.74) is 0.617. The topological polar surface area (TPSA) is 126 Å². The molecule has 1 aliphatic rings. The molecular formula is C14H12ClN5O4. The molecule has 1 unspecified atom stereocenters. The number of hydrogen-bond acceptors (Lipinski definition) is 6. The fraction of sp³-hybridized carbons (Fsp3) is 0.214. The molecule has 9 nitrogen and oxygen atoms in total. The predicted octanol–water partition coefficient (Wildman–Crippen LogP) is 0.604. The number of benzene rings is 1. The van der Waals surface area contributed by atoms with Crippen molar-refractivity contribution in [1.29, 1.82) is 0 Å². The van der Waals surface area contributed by atoms with Gasteiger partial charge in [-0.1, -0.05) is 28.9 Å². The highest BCUT2D eigenvalue weighted by Gasteiger charge is 2.31. The molecule has 10 heteroatoms. The number of carbonyl (C=O) groups excluding carboxylic acids is 3. The summed E-state index contributed by atoms with van der Waals surface area (Å²) in [5, 5.41) is 11.2. The van der Waals surface area contributed by atoms with E-state index in [0.717, 1.165) is 0 Å². The second-order valence-electron chi connectivity index (χ2n) is 4.99. The summed E-state index contributed by atoms with van der Waals surface area (Å²) in [7, 11) is 0. The molecule has 2 heterocycles. The second kappa shape index (κ2) is 6.67. The van der Waals surface area contributed by atoms with Crippen molar-refractivity contribution in [3.8, 4) is 11.4 Å². The Kier molecular flexibility index (Phi) is 4.43. The van der Waals surface area contributed by atoms with E-state index in [1.54, 1.807) is 24.3 Å². The van der Waals surface area contributed by atoms with Crippen LogP contribution in [0, 0.1) is 0 Å². The van der Waals surface area contributed by atoms with Gasteiger partial charge in [-0.2, -0.15) is 4.98 Å². The van der Waals surface area contributed by atoms with Crippen molar-refractivity contribution in [3.05, 3.63) is 35.2 Å². The Balaban J connectivity index is 1.56. The molecule has 0 bridgehead atoms. The van der Waals surface area contributed by atoms with Crippen molar-refractivity contribution in [1.82, 2.24) is 26.1 Å². The maximum atomic E-state index is 11.8. The van der Waals surface area contributed by atoms with E-state index in [0.29, 0.717) is 16.4 Å². The van der Waals surface area contributed by atoms with E-state index in [-0.39, 0.29) is 18.9 Å².